The van der Waals surface area contributed by atoms with Crippen molar-refractivity contribution >= 4 is 11.6 Å². The van der Waals surface area contributed by atoms with Gasteiger partial charge in [-0.25, -0.2) is 4.98 Å². The summed E-state index contributed by atoms with van der Waals surface area (Å²) in [6.07, 6.45) is 7.50. The van der Waals surface area contributed by atoms with Crippen LogP contribution in [0.1, 0.15) is 48.8 Å². The molecule has 8 heteroatoms. The zero-order valence-corrected chi connectivity index (χ0v) is 18.7. The number of rotatable bonds is 6. The number of pyridine rings is 1. The van der Waals surface area contributed by atoms with Crippen molar-refractivity contribution in [2.24, 2.45) is 0 Å². The van der Waals surface area contributed by atoms with Crippen molar-refractivity contribution in [3.8, 4) is 11.6 Å². The maximum Gasteiger partial charge on any atom is 0.213 e. The number of hydrogen-bond acceptors (Lipinski definition) is 6. The smallest absolute Gasteiger partial charge is 0.213 e. The number of hydrogen-bond donors (Lipinski definition) is 2. The van der Waals surface area contributed by atoms with Gasteiger partial charge in [0.2, 0.25) is 5.88 Å². The first-order chi connectivity index (χ1) is 15.7. The molecule has 0 spiro atoms. The van der Waals surface area contributed by atoms with Gasteiger partial charge in [-0.3, -0.25) is 4.57 Å². The van der Waals surface area contributed by atoms with Gasteiger partial charge in [-0.05, 0) is 61.9 Å². The van der Waals surface area contributed by atoms with Crippen molar-refractivity contribution in [2.75, 3.05) is 13.2 Å². The van der Waals surface area contributed by atoms with E-state index in [1.165, 1.54) is 5.56 Å². The van der Waals surface area contributed by atoms with Gasteiger partial charge in [0.05, 0.1) is 12.3 Å². The number of fused-ring (bicyclic) bond motifs is 3. The summed E-state index contributed by atoms with van der Waals surface area (Å²) in [5, 5.41) is 22.7. The second kappa shape index (κ2) is 9.57. The highest BCUT2D eigenvalue weighted by Gasteiger charge is 2.31. The summed E-state index contributed by atoms with van der Waals surface area (Å²) >= 11 is 6.33. The minimum Gasteiger partial charge on any atom is -0.474 e. The molecule has 0 bridgehead atoms. The predicted molar refractivity (Wildman–Crippen MR) is 123 cm³/mol. The number of aliphatic hydroxyl groups excluding tert-OH is 1. The van der Waals surface area contributed by atoms with Crippen LogP contribution < -0.4 is 10.1 Å². The van der Waals surface area contributed by atoms with Crippen LogP contribution in [0, 0.1) is 0 Å². The number of benzene rings is 1. The Labute approximate surface area is 192 Å². The SMILES string of the molecule is OCCN[C@@H]1Cc2cc(Cl)ccc2-n2c(nnc2C2CCC(Oc3ccccn3)CC2)C1. The third kappa shape index (κ3) is 4.51. The molecule has 1 saturated carbocycles. The summed E-state index contributed by atoms with van der Waals surface area (Å²) in [5.74, 6) is 3.02. The Hall–Kier alpha value is -2.48. The lowest BCUT2D eigenvalue weighted by Gasteiger charge is -2.28. The molecule has 0 radical (unpaired) electrons. The number of aliphatic hydroxyl groups is 1. The minimum atomic E-state index is 0.112. The quantitative estimate of drug-likeness (QED) is 0.594. The van der Waals surface area contributed by atoms with Crippen LogP contribution in [0.15, 0.2) is 42.6 Å². The maximum absolute atomic E-state index is 9.26. The van der Waals surface area contributed by atoms with E-state index >= 15 is 0 Å². The number of nitrogens with one attached hydrogen (secondary N) is 1. The van der Waals surface area contributed by atoms with Crippen molar-refractivity contribution in [1.82, 2.24) is 25.1 Å². The molecule has 2 aliphatic rings. The first-order valence-corrected chi connectivity index (χ1v) is 11.7. The normalized spacial score (nSPS) is 22.6. The fourth-order valence-electron chi connectivity index (χ4n) is 4.92. The zero-order chi connectivity index (χ0) is 21.9. The molecule has 1 atom stereocenters. The number of ether oxygens (including phenoxy) is 1. The molecule has 1 aliphatic carbocycles. The molecular formula is C24H28ClN5O2. The van der Waals surface area contributed by atoms with Gasteiger partial charge in [-0.2, -0.15) is 0 Å². The van der Waals surface area contributed by atoms with Gasteiger partial charge in [0, 0.05) is 42.2 Å². The summed E-state index contributed by atoms with van der Waals surface area (Å²) in [4.78, 5) is 4.29. The predicted octanol–water partition coefficient (Wildman–Crippen LogP) is 3.47. The van der Waals surface area contributed by atoms with Crippen LogP contribution in [-0.2, 0) is 12.8 Å². The summed E-state index contributed by atoms with van der Waals surface area (Å²) in [5.41, 5.74) is 2.30. The van der Waals surface area contributed by atoms with Crippen molar-refractivity contribution < 1.29 is 9.84 Å². The van der Waals surface area contributed by atoms with E-state index in [0.717, 1.165) is 60.9 Å². The van der Waals surface area contributed by atoms with E-state index in [-0.39, 0.29) is 18.8 Å². The lowest BCUT2D eigenvalue weighted by Crippen LogP contribution is -2.35. The molecule has 1 fully saturated rings. The molecule has 3 aromatic rings. The third-order valence-corrected chi connectivity index (χ3v) is 6.68. The van der Waals surface area contributed by atoms with Crippen LogP contribution in [0.3, 0.4) is 0 Å². The summed E-state index contributed by atoms with van der Waals surface area (Å²) in [6.45, 7) is 0.669. The maximum atomic E-state index is 9.26. The van der Waals surface area contributed by atoms with Gasteiger partial charge in [-0.1, -0.05) is 17.7 Å². The van der Waals surface area contributed by atoms with Crippen LogP contribution in [-0.4, -0.2) is 50.2 Å². The Morgan fingerprint density at radius 1 is 1.09 bits per heavy atom. The van der Waals surface area contributed by atoms with Crippen LogP contribution in [0.4, 0.5) is 0 Å². The summed E-state index contributed by atoms with van der Waals surface area (Å²) in [7, 11) is 0. The molecule has 32 heavy (non-hydrogen) atoms. The highest BCUT2D eigenvalue weighted by Crippen LogP contribution is 2.36. The second-order valence-electron chi connectivity index (χ2n) is 8.63. The molecule has 5 rings (SSSR count). The first-order valence-electron chi connectivity index (χ1n) is 11.4. The summed E-state index contributed by atoms with van der Waals surface area (Å²) < 4.78 is 8.32. The van der Waals surface area contributed by atoms with E-state index in [0.29, 0.717) is 18.3 Å². The van der Waals surface area contributed by atoms with Gasteiger partial charge in [0.25, 0.3) is 0 Å². The molecule has 0 saturated heterocycles. The molecule has 1 aliphatic heterocycles. The Bertz CT molecular complexity index is 1050. The molecular weight excluding hydrogens is 426 g/mol. The second-order valence-corrected chi connectivity index (χ2v) is 9.06. The third-order valence-electron chi connectivity index (χ3n) is 6.44. The minimum absolute atomic E-state index is 0.112. The first kappa shape index (κ1) is 21.4. The van der Waals surface area contributed by atoms with Gasteiger partial charge < -0.3 is 15.2 Å². The molecule has 7 nitrogen and oxygen atoms in total. The lowest BCUT2D eigenvalue weighted by molar-refractivity contribution is 0.139. The topological polar surface area (TPSA) is 85.1 Å². The van der Waals surface area contributed by atoms with E-state index in [4.69, 9.17) is 16.3 Å². The summed E-state index contributed by atoms with van der Waals surface area (Å²) in [6, 6.07) is 12.0. The van der Waals surface area contributed by atoms with Crippen molar-refractivity contribution in [1.29, 1.82) is 0 Å². The number of halogens is 1. The molecule has 2 aromatic heterocycles. The average Bonchev–Trinajstić information content (AvgIpc) is 3.15. The highest BCUT2D eigenvalue weighted by atomic mass is 35.5. The Morgan fingerprint density at radius 3 is 2.75 bits per heavy atom. The van der Waals surface area contributed by atoms with Crippen LogP contribution >= 0.6 is 11.6 Å². The van der Waals surface area contributed by atoms with E-state index < -0.39 is 0 Å². The standard InChI is InChI=1S/C24H28ClN5O2/c25-18-6-9-21-17(13-18)14-19(26-11-12-31)15-22-28-29-24(30(21)22)16-4-7-20(8-5-16)32-23-3-1-2-10-27-23/h1-3,6,9-10,13,16,19-20,26,31H,4-5,7-8,11-12,14-15H2/t16?,19-,20?/m1/s1. The van der Waals surface area contributed by atoms with E-state index in [2.05, 4.69) is 31.1 Å². The number of nitrogens with zero attached hydrogens (tertiary/aromatic N) is 4. The average molecular weight is 454 g/mol. The van der Waals surface area contributed by atoms with Crippen LogP contribution in [0.5, 0.6) is 5.88 Å². The van der Waals surface area contributed by atoms with E-state index in [1.54, 1.807) is 6.20 Å². The fraction of sp³-hybridized carbons (Fsp3) is 0.458. The van der Waals surface area contributed by atoms with Crippen LogP contribution in [0.2, 0.25) is 5.02 Å². The van der Waals surface area contributed by atoms with Crippen molar-refractivity contribution in [3.63, 3.8) is 0 Å². The Kier molecular flexibility index (Phi) is 6.39. The largest absolute Gasteiger partial charge is 0.474 e. The van der Waals surface area contributed by atoms with E-state index in [9.17, 15) is 5.11 Å². The number of aromatic nitrogens is 4. The molecule has 0 unspecified atom stereocenters. The van der Waals surface area contributed by atoms with Crippen molar-refractivity contribution in [3.05, 3.63) is 64.8 Å². The van der Waals surface area contributed by atoms with Gasteiger partial charge >= 0.3 is 0 Å². The fourth-order valence-corrected chi connectivity index (χ4v) is 5.12. The van der Waals surface area contributed by atoms with Gasteiger partial charge in [0.1, 0.15) is 17.8 Å². The Balaban J connectivity index is 1.38. The lowest BCUT2D eigenvalue weighted by atomic mass is 9.86. The van der Waals surface area contributed by atoms with Gasteiger partial charge in [0.15, 0.2) is 0 Å². The van der Waals surface area contributed by atoms with Crippen LogP contribution in [0.25, 0.3) is 5.69 Å². The Morgan fingerprint density at radius 2 is 1.97 bits per heavy atom. The van der Waals surface area contributed by atoms with E-state index in [1.807, 2.05) is 30.3 Å². The van der Waals surface area contributed by atoms with Gasteiger partial charge in [-0.15, -0.1) is 10.2 Å². The zero-order valence-electron chi connectivity index (χ0n) is 18.0. The molecule has 0 amide bonds. The molecule has 168 valence electrons. The highest BCUT2D eigenvalue weighted by molar-refractivity contribution is 6.30. The molecule has 2 N–H and O–H groups in total. The monoisotopic (exact) mass is 453 g/mol. The molecule has 3 heterocycles. The molecule has 1 aromatic carbocycles. The van der Waals surface area contributed by atoms with Crippen molar-refractivity contribution in [2.45, 2.75) is 56.6 Å².